The smallest absolute Gasteiger partial charge is 0.331 e. The molecule has 0 aliphatic rings. The maximum Gasteiger partial charge on any atom is 0.331 e. The highest BCUT2D eigenvalue weighted by atomic mass is 35.5. The Morgan fingerprint density at radius 3 is 2.63 bits per heavy atom. The van der Waals surface area contributed by atoms with E-state index in [1.807, 2.05) is 0 Å². The molecule has 2 rings (SSSR count). The molecule has 0 aliphatic heterocycles. The summed E-state index contributed by atoms with van der Waals surface area (Å²) in [5.41, 5.74) is 0.228. The zero-order valence-corrected chi connectivity index (χ0v) is 10.6. The summed E-state index contributed by atoms with van der Waals surface area (Å²) in [6, 6.07) is 5.29. The average molecular weight is 286 g/mol. The second-order valence-electron chi connectivity index (χ2n) is 3.66. The van der Waals surface area contributed by atoms with Gasteiger partial charge < -0.3 is 4.74 Å². The normalized spacial score (nSPS) is 10.7. The predicted octanol–water partition coefficient (Wildman–Crippen LogP) is 2.72. The molecule has 1 aromatic carbocycles. The van der Waals surface area contributed by atoms with Crippen molar-refractivity contribution < 1.29 is 14.1 Å². The van der Waals surface area contributed by atoms with Crippen molar-refractivity contribution >= 4 is 17.3 Å². The highest BCUT2D eigenvalue weighted by molar-refractivity contribution is 6.32. The third-order valence-corrected chi connectivity index (χ3v) is 2.75. The molecule has 100 valence electrons. The van der Waals surface area contributed by atoms with Gasteiger partial charge in [-0.2, -0.15) is 5.10 Å². The van der Waals surface area contributed by atoms with Gasteiger partial charge in [0, 0.05) is 7.11 Å². The zero-order chi connectivity index (χ0) is 14.0. The van der Waals surface area contributed by atoms with E-state index in [0.717, 1.165) is 0 Å². The van der Waals surface area contributed by atoms with E-state index in [-0.39, 0.29) is 23.1 Å². The molecule has 0 saturated heterocycles. The van der Waals surface area contributed by atoms with Crippen molar-refractivity contribution in [3.63, 3.8) is 0 Å². The van der Waals surface area contributed by atoms with Gasteiger partial charge in [0.2, 0.25) is 5.15 Å². The van der Waals surface area contributed by atoms with Crippen LogP contribution in [0.5, 0.6) is 0 Å². The lowest BCUT2D eigenvalue weighted by Crippen LogP contribution is -1.98. The van der Waals surface area contributed by atoms with Crippen LogP contribution in [0.15, 0.2) is 24.3 Å². The number of benzene rings is 1. The van der Waals surface area contributed by atoms with Crippen molar-refractivity contribution in [2.24, 2.45) is 0 Å². The monoisotopic (exact) mass is 285 g/mol. The van der Waals surface area contributed by atoms with Crippen LogP contribution in [0.2, 0.25) is 5.15 Å². The zero-order valence-electron chi connectivity index (χ0n) is 9.84. The molecule has 0 amide bonds. The van der Waals surface area contributed by atoms with Crippen molar-refractivity contribution in [1.82, 2.24) is 9.78 Å². The molecule has 0 aliphatic carbocycles. The number of aromatic nitrogens is 2. The lowest BCUT2D eigenvalue weighted by atomic mass is 10.3. The average Bonchev–Trinajstić information content (AvgIpc) is 2.68. The first-order chi connectivity index (χ1) is 9.04. The molecule has 2 aromatic rings. The summed E-state index contributed by atoms with van der Waals surface area (Å²) in [5, 5.41) is 14.8. The van der Waals surface area contributed by atoms with Crippen LogP contribution in [0.1, 0.15) is 5.69 Å². The van der Waals surface area contributed by atoms with Gasteiger partial charge in [-0.25, -0.2) is 9.07 Å². The predicted molar refractivity (Wildman–Crippen MR) is 65.9 cm³/mol. The maximum atomic E-state index is 12.8. The molecular weight excluding hydrogens is 277 g/mol. The van der Waals surface area contributed by atoms with E-state index in [9.17, 15) is 14.5 Å². The third kappa shape index (κ3) is 2.56. The fraction of sp³-hybridized carbons (Fsp3) is 0.182. The van der Waals surface area contributed by atoms with Crippen LogP contribution in [-0.2, 0) is 11.3 Å². The van der Waals surface area contributed by atoms with Gasteiger partial charge in [0.15, 0.2) is 5.69 Å². The Morgan fingerprint density at radius 2 is 2.11 bits per heavy atom. The van der Waals surface area contributed by atoms with Crippen LogP contribution < -0.4 is 0 Å². The topological polar surface area (TPSA) is 70.2 Å². The minimum absolute atomic E-state index is 0.0375. The number of nitro groups is 1. The molecule has 0 radical (unpaired) electrons. The molecule has 0 fully saturated rings. The highest BCUT2D eigenvalue weighted by Gasteiger charge is 2.27. The molecular formula is C11H9ClFN3O3. The van der Waals surface area contributed by atoms with Crippen LogP contribution >= 0.6 is 11.6 Å². The van der Waals surface area contributed by atoms with Gasteiger partial charge in [-0.3, -0.25) is 10.1 Å². The van der Waals surface area contributed by atoms with E-state index < -0.39 is 10.7 Å². The minimum atomic E-state index is -0.621. The molecule has 6 nitrogen and oxygen atoms in total. The second-order valence-corrected chi connectivity index (χ2v) is 4.02. The fourth-order valence-electron chi connectivity index (χ4n) is 1.60. The summed E-state index contributed by atoms with van der Waals surface area (Å²) < 4.78 is 18.9. The number of ether oxygens (including phenoxy) is 1. The Labute approximate surface area is 112 Å². The van der Waals surface area contributed by atoms with Crippen molar-refractivity contribution in [2.75, 3.05) is 7.11 Å². The number of rotatable bonds is 4. The molecule has 0 saturated carbocycles. The van der Waals surface area contributed by atoms with E-state index in [4.69, 9.17) is 16.3 Å². The summed E-state index contributed by atoms with van der Waals surface area (Å²) in [5.74, 6) is -0.418. The lowest BCUT2D eigenvalue weighted by molar-refractivity contribution is -0.385. The van der Waals surface area contributed by atoms with Gasteiger partial charge in [0.05, 0.1) is 17.2 Å². The van der Waals surface area contributed by atoms with Crippen molar-refractivity contribution in [2.45, 2.75) is 6.61 Å². The summed E-state index contributed by atoms with van der Waals surface area (Å²) in [7, 11) is 1.40. The van der Waals surface area contributed by atoms with E-state index in [1.54, 1.807) is 0 Å². The Kier molecular flexibility index (Phi) is 3.77. The van der Waals surface area contributed by atoms with Gasteiger partial charge in [-0.1, -0.05) is 11.6 Å². The summed E-state index contributed by atoms with van der Waals surface area (Å²) >= 11 is 5.94. The fourth-order valence-corrected chi connectivity index (χ4v) is 1.91. The summed E-state index contributed by atoms with van der Waals surface area (Å²) in [6.45, 7) is -0.0375. The number of hydrogen-bond acceptors (Lipinski definition) is 4. The molecule has 1 heterocycles. The van der Waals surface area contributed by atoms with Gasteiger partial charge in [-0.05, 0) is 24.3 Å². The first-order valence-electron chi connectivity index (χ1n) is 5.21. The lowest BCUT2D eigenvalue weighted by Gasteiger charge is -2.01. The Morgan fingerprint density at radius 1 is 1.47 bits per heavy atom. The molecule has 8 heteroatoms. The first kappa shape index (κ1) is 13.4. The molecule has 0 spiro atoms. The van der Waals surface area contributed by atoms with Gasteiger partial charge in [0.25, 0.3) is 0 Å². The number of halogens is 2. The van der Waals surface area contributed by atoms with Crippen molar-refractivity contribution in [1.29, 1.82) is 0 Å². The second kappa shape index (κ2) is 5.33. The van der Waals surface area contributed by atoms with Crippen LogP contribution in [0.25, 0.3) is 5.69 Å². The van der Waals surface area contributed by atoms with Crippen LogP contribution in [-0.4, -0.2) is 21.8 Å². The quantitative estimate of drug-likeness (QED) is 0.640. The minimum Gasteiger partial charge on any atom is -0.378 e. The maximum absolute atomic E-state index is 12.8. The molecule has 0 bridgehead atoms. The number of methoxy groups -OCH3 is 1. The standard InChI is InChI=1S/C11H9ClFN3O3/c1-19-6-9-10(16(17)18)11(12)15(14-9)8-4-2-7(13)3-5-8/h2-5H,6H2,1H3. The van der Waals surface area contributed by atoms with Crippen LogP contribution in [0.4, 0.5) is 10.1 Å². The van der Waals surface area contributed by atoms with Gasteiger partial charge in [-0.15, -0.1) is 0 Å². The Balaban J connectivity index is 2.55. The van der Waals surface area contributed by atoms with Crippen LogP contribution in [0, 0.1) is 15.9 Å². The molecule has 0 N–H and O–H groups in total. The van der Waals surface area contributed by atoms with Crippen LogP contribution in [0.3, 0.4) is 0 Å². The first-order valence-corrected chi connectivity index (χ1v) is 5.59. The molecule has 0 unspecified atom stereocenters. The molecule has 19 heavy (non-hydrogen) atoms. The van der Waals surface area contributed by atoms with Gasteiger partial charge >= 0.3 is 5.69 Å². The van der Waals surface area contributed by atoms with Crippen molar-refractivity contribution in [3.8, 4) is 5.69 Å². The summed E-state index contributed by atoms with van der Waals surface area (Å²) in [6.07, 6.45) is 0. The molecule has 1 aromatic heterocycles. The van der Waals surface area contributed by atoms with E-state index in [1.165, 1.54) is 36.1 Å². The van der Waals surface area contributed by atoms with Gasteiger partial charge in [0.1, 0.15) is 5.82 Å². The Hall–Kier alpha value is -1.99. The van der Waals surface area contributed by atoms with E-state index >= 15 is 0 Å². The van der Waals surface area contributed by atoms with E-state index in [0.29, 0.717) is 5.69 Å². The Bertz CT molecular complexity index is 612. The summed E-state index contributed by atoms with van der Waals surface area (Å²) in [4.78, 5) is 10.3. The van der Waals surface area contributed by atoms with Crippen molar-refractivity contribution in [3.05, 3.63) is 51.0 Å². The molecule has 0 atom stereocenters. The third-order valence-electron chi connectivity index (χ3n) is 2.41. The number of hydrogen-bond donors (Lipinski definition) is 0. The SMILES string of the molecule is COCc1nn(-c2ccc(F)cc2)c(Cl)c1[N+](=O)[O-]. The number of nitrogens with zero attached hydrogens (tertiary/aromatic N) is 3. The highest BCUT2D eigenvalue weighted by Crippen LogP contribution is 2.31. The largest absolute Gasteiger partial charge is 0.378 e. The van der Waals surface area contributed by atoms with E-state index in [2.05, 4.69) is 5.10 Å².